The second-order valence-electron chi connectivity index (χ2n) is 2.61. The molecule has 1 heteroatoms. The Balaban J connectivity index is 2.74. The maximum atomic E-state index is 3.11. The molecule has 0 unspecified atom stereocenters. The first-order valence-corrected chi connectivity index (χ1v) is 4.05. The van der Waals surface area contributed by atoms with E-state index in [2.05, 4.69) is 30.4 Å². The van der Waals surface area contributed by atoms with Crippen LogP contribution in [0.2, 0.25) is 0 Å². The van der Waals surface area contributed by atoms with E-state index in [0.717, 1.165) is 12.1 Å². The van der Waals surface area contributed by atoms with Gasteiger partial charge in [-0.15, -0.1) is 0 Å². The van der Waals surface area contributed by atoms with Gasteiger partial charge in [-0.25, -0.2) is 0 Å². The van der Waals surface area contributed by atoms with Gasteiger partial charge < -0.3 is 5.32 Å². The molecule has 0 heterocycles. The van der Waals surface area contributed by atoms with Crippen molar-refractivity contribution in [3.63, 3.8) is 0 Å². The topological polar surface area (TPSA) is 12.0 Å². The summed E-state index contributed by atoms with van der Waals surface area (Å²) in [6.07, 6.45) is 2.36. The van der Waals surface area contributed by atoms with Crippen LogP contribution in [-0.4, -0.2) is 7.05 Å². The van der Waals surface area contributed by atoms with Crippen molar-refractivity contribution in [3.05, 3.63) is 29.8 Å². The van der Waals surface area contributed by atoms with E-state index in [0.29, 0.717) is 0 Å². The highest BCUT2D eigenvalue weighted by molar-refractivity contribution is 5.43. The predicted octanol–water partition coefficient (Wildman–Crippen LogP) is 2.48. The number of nitrogens with one attached hydrogen (secondary N) is 1. The van der Waals surface area contributed by atoms with Crippen molar-refractivity contribution < 1.29 is 0 Å². The third kappa shape index (κ3) is 2.26. The SMILES string of the molecule is CCCc1cc[c]c(NC)c1. The summed E-state index contributed by atoms with van der Waals surface area (Å²) in [7, 11) is 1.92. The second kappa shape index (κ2) is 4.02. The van der Waals surface area contributed by atoms with Crippen LogP contribution in [0.5, 0.6) is 0 Å². The summed E-state index contributed by atoms with van der Waals surface area (Å²) >= 11 is 0. The van der Waals surface area contributed by atoms with Crippen molar-refractivity contribution in [2.45, 2.75) is 19.8 Å². The Morgan fingerprint density at radius 1 is 1.55 bits per heavy atom. The quantitative estimate of drug-likeness (QED) is 0.694. The molecule has 1 aromatic carbocycles. The summed E-state index contributed by atoms with van der Waals surface area (Å²) in [6, 6.07) is 9.33. The molecule has 0 aliphatic heterocycles. The highest BCUT2D eigenvalue weighted by Crippen LogP contribution is 2.10. The number of aryl methyl sites for hydroxylation is 1. The van der Waals surface area contributed by atoms with E-state index in [1.54, 1.807) is 0 Å². The van der Waals surface area contributed by atoms with Crippen LogP contribution in [-0.2, 0) is 6.42 Å². The first kappa shape index (κ1) is 8.12. The average Bonchev–Trinajstić information content (AvgIpc) is 2.06. The summed E-state index contributed by atoms with van der Waals surface area (Å²) in [6.45, 7) is 2.19. The van der Waals surface area contributed by atoms with Crippen LogP contribution in [0.1, 0.15) is 18.9 Å². The van der Waals surface area contributed by atoms with Crippen LogP contribution in [0.15, 0.2) is 18.2 Å². The van der Waals surface area contributed by atoms with Crippen molar-refractivity contribution in [3.8, 4) is 0 Å². The number of rotatable bonds is 3. The Kier molecular flexibility index (Phi) is 2.96. The van der Waals surface area contributed by atoms with Gasteiger partial charge in [0.2, 0.25) is 0 Å². The Morgan fingerprint density at radius 2 is 2.36 bits per heavy atom. The van der Waals surface area contributed by atoms with Crippen LogP contribution < -0.4 is 5.32 Å². The molecule has 1 radical (unpaired) electrons. The second-order valence-corrected chi connectivity index (χ2v) is 2.61. The molecule has 1 N–H and O–H groups in total. The minimum absolute atomic E-state index is 1.08. The molecule has 0 aliphatic carbocycles. The van der Waals surface area contributed by atoms with E-state index in [-0.39, 0.29) is 0 Å². The molecular formula is C10H14N. The molecule has 0 fully saturated rings. The zero-order chi connectivity index (χ0) is 8.10. The standard InChI is InChI=1S/C10H14N/c1-3-5-9-6-4-7-10(8-9)11-2/h4,6,8,11H,3,5H2,1-2H3. The largest absolute Gasteiger partial charge is 0.388 e. The summed E-state index contributed by atoms with van der Waals surface area (Å²) in [5.74, 6) is 0. The normalized spacial score (nSPS) is 9.64. The van der Waals surface area contributed by atoms with Crippen LogP contribution in [0.4, 0.5) is 5.69 Å². The first-order chi connectivity index (χ1) is 5.36. The molecule has 0 saturated heterocycles. The van der Waals surface area contributed by atoms with Crippen LogP contribution >= 0.6 is 0 Å². The summed E-state index contributed by atoms with van der Waals surface area (Å²) in [5, 5.41) is 3.07. The highest BCUT2D eigenvalue weighted by Gasteiger charge is 1.91. The fraction of sp³-hybridized carbons (Fsp3) is 0.400. The van der Waals surface area contributed by atoms with Gasteiger partial charge in [0.05, 0.1) is 0 Å². The highest BCUT2D eigenvalue weighted by atomic mass is 14.8. The summed E-state index contributed by atoms with van der Waals surface area (Å²) in [5.41, 5.74) is 2.46. The number of anilines is 1. The molecule has 0 aromatic heterocycles. The van der Waals surface area contributed by atoms with Gasteiger partial charge in [0, 0.05) is 18.8 Å². The molecule has 0 spiro atoms. The van der Waals surface area contributed by atoms with E-state index >= 15 is 0 Å². The van der Waals surface area contributed by atoms with Gasteiger partial charge in [-0.3, -0.25) is 0 Å². The average molecular weight is 148 g/mol. The van der Waals surface area contributed by atoms with Crippen LogP contribution in [0.25, 0.3) is 0 Å². The lowest BCUT2D eigenvalue weighted by atomic mass is 10.1. The molecule has 0 atom stereocenters. The van der Waals surface area contributed by atoms with Gasteiger partial charge >= 0.3 is 0 Å². The first-order valence-electron chi connectivity index (χ1n) is 4.05. The minimum atomic E-state index is 1.08. The number of hydrogen-bond donors (Lipinski definition) is 1. The van der Waals surface area contributed by atoms with E-state index in [1.807, 2.05) is 13.1 Å². The number of hydrogen-bond acceptors (Lipinski definition) is 1. The molecule has 1 nitrogen and oxygen atoms in total. The molecular weight excluding hydrogens is 134 g/mol. The van der Waals surface area contributed by atoms with Gasteiger partial charge in [-0.2, -0.15) is 0 Å². The predicted molar refractivity (Wildman–Crippen MR) is 48.8 cm³/mol. The van der Waals surface area contributed by atoms with Crippen molar-refractivity contribution in [1.82, 2.24) is 0 Å². The summed E-state index contributed by atoms with van der Waals surface area (Å²) in [4.78, 5) is 0. The van der Waals surface area contributed by atoms with E-state index in [1.165, 1.54) is 12.0 Å². The van der Waals surface area contributed by atoms with Gasteiger partial charge in [0.1, 0.15) is 0 Å². The molecule has 0 bridgehead atoms. The summed E-state index contributed by atoms with van der Waals surface area (Å²) < 4.78 is 0. The Bertz CT molecular complexity index is 218. The third-order valence-electron chi connectivity index (χ3n) is 1.67. The monoisotopic (exact) mass is 148 g/mol. The smallest absolute Gasteiger partial charge is 0.0420 e. The Labute approximate surface area is 68.4 Å². The molecule has 1 aromatic rings. The van der Waals surface area contributed by atoms with Crippen LogP contribution in [0.3, 0.4) is 0 Å². The fourth-order valence-electron chi connectivity index (χ4n) is 1.10. The van der Waals surface area contributed by atoms with Gasteiger partial charge in [0.25, 0.3) is 0 Å². The van der Waals surface area contributed by atoms with Crippen molar-refractivity contribution in [2.24, 2.45) is 0 Å². The fourth-order valence-corrected chi connectivity index (χ4v) is 1.10. The minimum Gasteiger partial charge on any atom is -0.388 e. The lowest BCUT2D eigenvalue weighted by Crippen LogP contribution is -1.89. The lowest BCUT2D eigenvalue weighted by molar-refractivity contribution is 0.922. The Hall–Kier alpha value is -0.980. The zero-order valence-corrected chi connectivity index (χ0v) is 7.15. The van der Waals surface area contributed by atoms with Crippen molar-refractivity contribution in [1.29, 1.82) is 0 Å². The van der Waals surface area contributed by atoms with E-state index in [4.69, 9.17) is 0 Å². The molecule has 59 valence electrons. The van der Waals surface area contributed by atoms with Gasteiger partial charge in [-0.1, -0.05) is 25.5 Å². The molecule has 0 saturated carbocycles. The lowest BCUT2D eigenvalue weighted by Gasteiger charge is -2.01. The molecule has 0 amide bonds. The maximum Gasteiger partial charge on any atom is 0.0420 e. The van der Waals surface area contributed by atoms with Crippen LogP contribution in [0, 0.1) is 6.07 Å². The van der Waals surface area contributed by atoms with Crippen molar-refractivity contribution in [2.75, 3.05) is 12.4 Å². The maximum absolute atomic E-state index is 3.11. The Morgan fingerprint density at radius 3 is 3.00 bits per heavy atom. The third-order valence-corrected chi connectivity index (χ3v) is 1.67. The molecule has 11 heavy (non-hydrogen) atoms. The van der Waals surface area contributed by atoms with Gasteiger partial charge in [-0.05, 0) is 18.1 Å². The zero-order valence-electron chi connectivity index (χ0n) is 7.15. The number of benzene rings is 1. The van der Waals surface area contributed by atoms with Gasteiger partial charge in [0.15, 0.2) is 0 Å². The van der Waals surface area contributed by atoms with E-state index < -0.39 is 0 Å². The van der Waals surface area contributed by atoms with Crippen molar-refractivity contribution >= 4 is 5.69 Å². The molecule has 0 aliphatic rings. The molecule has 1 rings (SSSR count). The van der Waals surface area contributed by atoms with E-state index in [9.17, 15) is 0 Å².